The fourth-order valence-electron chi connectivity index (χ4n) is 1.74. The average molecular weight is 278 g/mol. The number of pyridine rings is 1. The zero-order valence-corrected chi connectivity index (χ0v) is 10.7. The van der Waals surface area contributed by atoms with Crippen LogP contribution >= 0.6 is 23.8 Å². The first-order valence-corrected chi connectivity index (χ1v) is 6.03. The van der Waals surface area contributed by atoms with E-state index >= 15 is 0 Å². The topological polar surface area (TPSA) is 59.4 Å². The van der Waals surface area contributed by atoms with Crippen LogP contribution in [0.5, 0.6) is 0 Å². The molecule has 0 saturated heterocycles. The van der Waals surface area contributed by atoms with E-state index in [4.69, 9.17) is 23.8 Å². The highest BCUT2D eigenvalue weighted by Crippen LogP contribution is 2.17. The van der Waals surface area contributed by atoms with Gasteiger partial charge in [-0.25, -0.2) is 4.98 Å². The van der Waals surface area contributed by atoms with E-state index in [0.717, 1.165) is 16.9 Å². The molecule has 0 bridgehead atoms. The molecule has 0 atom stereocenters. The molecule has 0 fully saturated rings. The second-order valence-corrected chi connectivity index (χ2v) is 4.58. The van der Waals surface area contributed by atoms with Gasteiger partial charge in [0.1, 0.15) is 0 Å². The van der Waals surface area contributed by atoms with Crippen molar-refractivity contribution in [1.29, 1.82) is 0 Å². The largest absolute Gasteiger partial charge is 0.329 e. The van der Waals surface area contributed by atoms with Gasteiger partial charge in [0, 0.05) is 12.4 Å². The van der Waals surface area contributed by atoms with Crippen LogP contribution < -0.4 is 0 Å². The lowest BCUT2D eigenvalue weighted by atomic mass is 10.4. The van der Waals surface area contributed by atoms with E-state index in [1.807, 2.05) is 16.7 Å². The number of aromatic nitrogens is 5. The molecule has 0 aliphatic heterocycles. The number of hydrogen-bond donors (Lipinski definition) is 1. The van der Waals surface area contributed by atoms with Gasteiger partial charge in [-0.1, -0.05) is 11.6 Å². The number of rotatable bonds is 2. The van der Waals surface area contributed by atoms with Gasteiger partial charge < -0.3 is 4.98 Å². The number of hydrogen-bond acceptors (Lipinski definition) is 4. The molecule has 0 aliphatic carbocycles. The molecule has 0 aromatic carbocycles. The van der Waals surface area contributed by atoms with E-state index in [1.165, 1.54) is 0 Å². The van der Waals surface area contributed by atoms with Crippen LogP contribution in [-0.2, 0) is 6.54 Å². The van der Waals surface area contributed by atoms with Crippen LogP contribution in [0.3, 0.4) is 0 Å². The van der Waals surface area contributed by atoms with E-state index in [0.29, 0.717) is 16.3 Å². The van der Waals surface area contributed by atoms with Gasteiger partial charge in [-0.15, -0.1) is 0 Å². The Morgan fingerprint density at radius 3 is 3.11 bits per heavy atom. The summed E-state index contributed by atoms with van der Waals surface area (Å²) >= 11 is 11.2. The van der Waals surface area contributed by atoms with Crippen LogP contribution in [0, 0.1) is 4.77 Å². The molecule has 5 nitrogen and oxygen atoms in total. The molecule has 0 spiro atoms. The number of H-pyrrole nitrogens is 1. The molecular formula is C11H8ClN5S. The third-order valence-electron chi connectivity index (χ3n) is 2.52. The van der Waals surface area contributed by atoms with E-state index in [-0.39, 0.29) is 0 Å². The molecule has 3 aromatic rings. The van der Waals surface area contributed by atoms with Gasteiger partial charge in [0.2, 0.25) is 0 Å². The van der Waals surface area contributed by atoms with Crippen LogP contribution in [0.25, 0.3) is 11.2 Å². The van der Waals surface area contributed by atoms with Crippen LogP contribution in [0.2, 0.25) is 5.02 Å². The molecule has 0 saturated carbocycles. The van der Waals surface area contributed by atoms with Crippen molar-refractivity contribution in [3.63, 3.8) is 0 Å². The number of nitrogens with zero attached hydrogens (tertiary/aromatic N) is 4. The molecule has 90 valence electrons. The van der Waals surface area contributed by atoms with Crippen LogP contribution in [0.4, 0.5) is 0 Å². The van der Waals surface area contributed by atoms with E-state index in [9.17, 15) is 0 Å². The van der Waals surface area contributed by atoms with Crippen molar-refractivity contribution < 1.29 is 0 Å². The van der Waals surface area contributed by atoms with Gasteiger partial charge in [-0.2, -0.15) is 10.2 Å². The first-order valence-electron chi connectivity index (χ1n) is 5.25. The first-order chi connectivity index (χ1) is 8.74. The van der Waals surface area contributed by atoms with E-state index in [1.54, 1.807) is 18.5 Å². The zero-order chi connectivity index (χ0) is 12.5. The maximum Gasteiger partial charge on any atom is 0.179 e. The third kappa shape index (κ3) is 2.00. The summed E-state index contributed by atoms with van der Waals surface area (Å²) < 4.78 is 2.45. The fourth-order valence-corrected chi connectivity index (χ4v) is 2.16. The van der Waals surface area contributed by atoms with Crippen LogP contribution in [0.1, 0.15) is 5.69 Å². The Kier molecular flexibility index (Phi) is 2.81. The van der Waals surface area contributed by atoms with Crippen LogP contribution in [0.15, 0.2) is 30.6 Å². The average Bonchev–Trinajstić information content (AvgIpc) is 2.66. The Morgan fingerprint density at radius 1 is 1.44 bits per heavy atom. The summed E-state index contributed by atoms with van der Waals surface area (Å²) in [7, 11) is 0. The highest BCUT2D eigenvalue weighted by molar-refractivity contribution is 7.71. The fraction of sp³-hybridized carbons (Fsp3) is 0.0909. The van der Waals surface area contributed by atoms with Gasteiger partial charge in [-0.3, -0.25) is 4.57 Å². The van der Waals surface area contributed by atoms with Crippen molar-refractivity contribution in [3.05, 3.63) is 46.1 Å². The summed E-state index contributed by atoms with van der Waals surface area (Å²) in [5, 5.41) is 8.45. The SMILES string of the molecule is S=c1[nH]c2cc(Cl)cnc2n1Cc1cccnn1. The lowest BCUT2D eigenvalue weighted by Crippen LogP contribution is -2.03. The van der Waals surface area contributed by atoms with Gasteiger partial charge in [0.25, 0.3) is 0 Å². The highest BCUT2D eigenvalue weighted by atomic mass is 35.5. The van der Waals surface area contributed by atoms with E-state index < -0.39 is 0 Å². The monoisotopic (exact) mass is 277 g/mol. The van der Waals surface area contributed by atoms with Gasteiger partial charge >= 0.3 is 0 Å². The summed E-state index contributed by atoms with van der Waals surface area (Å²) in [5.41, 5.74) is 2.40. The number of fused-ring (bicyclic) bond motifs is 1. The number of nitrogens with one attached hydrogen (secondary N) is 1. The van der Waals surface area contributed by atoms with Crippen molar-refractivity contribution in [1.82, 2.24) is 24.7 Å². The molecule has 3 rings (SSSR count). The normalized spacial score (nSPS) is 10.9. The number of aromatic amines is 1. The van der Waals surface area contributed by atoms with Gasteiger partial charge in [0.15, 0.2) is 10.4 Å². The van der Waals surface area contributed by atoms with Crippen molar-refractivity contribution in [2.45, 2.75) is 6.54 Å². The summed E-state index contributed by atoms with van der Waals surface area (Å²) in [4.78, 5) is 7.35. The first kappa shape index (κ1) is 11.3. The molecule has 1 N–H and O–H groups in total. The summed E-state index contributed by atoms with van der Waals surface area (Å²) in [5.74, 6) is 0. The Bertz CT molecular complexity index is 749. The molecule has 3 heterocycles. The predicted octanol–water partition coefficient (Wildman–Crippen LogP) is 2.59. The maximum absolute atomic E-state index is 5.89. The Hall–Kier alpha value is -1.79. The number of imidazole rings is 1. The zero-order valence-electron chi connectivity index (χ0n) is 9.17. The third-order valence-corrected chi connectivity index (χ3v) is 3.05. The molecule has 3 aromatic heterocycles. The minimum Gasteiger partial charge on any atom is -0.329 e. The van der Waals surface area contributed by atoms with Crippen molar-refractivity contribution in [3.8, 4) is 0 Å². The molecular weight excluding hydrogens is 270 g/mol. The lowest BCUT2D eigenvalue weighted by Gasteiger charge is -2.02. The molecule has 0 aliphatic rings. The quantitative estimate of drug-likeness (QED) is 0.732. The Morgan fingerprint density at radius 2 is 2.33 bits per heavy atom. The molecule has 7 heteroatoms. The van der Waals surface area contributed by atoms with Gasteiger partial charge in [0.05, 0.1) is 22.8 Å². The van der Waals surface area contributed by atoms with E-state index in [2.05, 4.69) is 20.2 Å². The molecule has 0 radical (unpaired) electrons. The van der Waals surface area contributed by atoms with Crippen molar-refractivity contribution in [2.24, 2.45) is 0 Å². The molecule has 0 unspecified atom stereocenters. The smallest absolute Gasteiger partial charge is 0.179 e. The van der Waals surface area contributed by atoms with Crippen molar-refractivity contribution >= 4 is 35.0 Å². The molecule has 0 amide bonds. The predicted molar refractivity (Wildman–Crippen MR) is 71.1 cm³/mol. The second-order valence-electron chi connectivity index (χ2n) is 3.76. The Labute approximate surface area is 112 Å². The summed E-state index contributed by atoms with van der Waals surface area (Å²) in [6.07, 6.45) is 3.23. The standard InChI is InChI=1S/C11H8ClN5S/c12-7-4-9-10(13-5-7)17(11(18)15-9)6-8-2-1-3-14-16-8/h1-5H,6H2,(H,15,18). The highest BCUT2D eigenvalue weighted by Gasteiger charge is 2.07. The second kappa shape index (κ2) is 4.47. The molecule has 18 heavy (non-hydrogen) atoms. The van der Waals surface area contributed by atoms with Gasteiger partial charge in [-0.05, 0) is 30.4 Å². The maximum atomic E-state index is 5.89. The Balaban J connectivity index is 2.12. The minimum atomic E-state index is 0.529. The van der Waals surface area contributed by atoms with Crippen molar-refractivity contribution in [2.75, 3.05) is 0 Å². The minimum absolute atomic E-state index is 0.529. The summed E-state index contributed by atoms with van der Waals surface area (Å²) in [6, 6.07) is 5.53. The summed E-state index contributed by atoms with van der Waals surface area (Å²) in [6.45, 7) is 0.529. The van der Waals surface area contributed by atoms with Crippen LogP contribution in [-0.4, -0.2) is 24.7 Å². The lowest BCUT2D eigenvalue weighted by molar-refractivity contribution is 0.756. The number of halogens is 1.